The van der Waals surface area contributed by atoms with E-state index in [1.54, 1.807) is 6.20 Å². The number of aromatic nitrogens is 1. The minimum absolute atomic E-state index is 0.152. The van der Waals surface area contributed by atoms with Crippen molar-refractivity contribution < 1.29 is 4.74 Å². The molecule has 0 unspecified atom stereocenters. The van der Waals surface area contributed by atoms with E-state index in [4.69, 9.17) is 4.74 Å². The summed E-state index contributed by atoms with van der Waals surface area (Å²) in [5.41, 5.74) is 1.13. The Balaban J connectivity index is 2.14. The maximum absolute atomic E-state index is 5.60. The van der Waals surface area contributed by atoms with E-state index >= 15 is 0 Å². The largest absolute Gasteiger partial charge is 0.371 e. The van der Waals surface area contributed by atoms with E-state index in [0.717, 1.165) is 29.7 Å². The van der Waals surface area contributed by atoms with Crippen molar-refractivity contribution in [3.8, 4) is 0 Å². The summed E-state index contributed by atoms with van der Waals surface area (Å²) >= 11 is 3.39. The fourth-order valence-corrected chi connectivity index (χ4v) is 1.77. The van der Waals surface area contributed by atoms with Crippen LogP contribution in [-0.4, -0.2) is 24.7 Å². The van der Waals surface area contributed by atoms with Crippen LogP contribution in [0.3, 0.4) is 0 Å². The number of pyridine rings is 1. The highest BCUT2D eigenvalue weighted by Crippen LogP contribution is 2.20. The van der Waals surface area contributed by atoms with E-state index in [9.17, 15) is 0 Å². The summed E-state index contributed by atoms with van der Waals surface area (Å²) < 4.78 is 6.59. The lowest BCUT2D eigenvalue weighted by Gasteiger charge is -2.23. The molecule has 0 aliphatic carbocycles. The summed E-state index contributed by atoms with van der Waals surface area (Å²) in [7, 11) is 0. The number of ether oxygens (including phenoxy) is 1. The molecule has 4 heteroatoms. The summed E-state index contributed by atoms with van der Waals surface area (Å²) in [4.78, 5) is 4.10. The average molecular weight is 243 g/mol. The molecule has 1 aliphatic heterocycles. The number of hydrogen-bond acceptors (Lipinski definition) is 3. The van der Waals surface area contributed by atoms with Crippen molar-refractivity contribution in [2.75, 3.05) is 19.7 Å². The van der Waals surface area contributed by atoms with Crippen LogP contribution in [0.25, 0.3) is 0 Å². The zero-order valence-electron chi connectivity index (χ0n) is 7.16. The Morgan fingerprint density at radius 3 is 3.15 bits per heavy atom. The molecule has 1 atom stereocenters. The van der Waals surface area contributed by atoms with Gasteiger partial charge in [-0.15, -0.1) is 0 Å². The monoisotopic (exact) mass is 242 g/mol. The Hall–Kier alpha value is -0.450. The quantitative estimate of drug-likeness (QED) is 0.811. The van der Waals surface area contributed by atoms with Crippen LogP contribution < -0.4 is 5.32 Å². The Labute approximate surface area is 85.6 Å². The van der Waals surface area contributed by atoms with Gasteiger partial charge < -0.3 is 10.1 Å². The lowest BCUT2D eigenvalue weighted by atomic mass is 10.1. The maximum Gasteiger partial charge on any atom is 0.0965 e. The van der Waals surface area contributed by atoms with Gasteiger partial charge in [0.1, 0.15) is 0 Å². The third-order valence-corrected chi connectivity index (χ3v) is 2.46. The van der Waals surface area contributed by atoms with Gasteiger partial charge in [0.25, 0.3) is 0 Å². The number of hydrogen-bond donors (Lipinski definition) is 1. The molecule has 0 bridgehead atoms. The minimum Gasteiger partial charge on any atom is -0.371 e. The van der Waals surface area contributed by atoms with Crippen LogP contribution in [0.5, 0.6) is 0 Å². The Morgan fingerprint density at radius 2 is 2.46 bits per heavy atom. The molecule has 2 heterocycles. The smallest absolute Gasteiger partial charge is 0.0965 e. The first-order valence-electron chi connectivity index (χ1n) is 4.29. The van der Waals surface area contributed by atoms with Crippen LogP contribution >= 0.6 is 15.9 Å². The third-order valence-electron chi connectivity index (χ3n) is 2.03. The summed E-state index contributed by atoms with van der Waals surface area (Å²) in [6, 6.07) is 2.05. The van der Waals surface area contributed by atoms with Gasteiger partial charge in [-0.1, -0.05) is 0 Å². The molecule has 1 N–H and O–H groups in total. The number of nitrogens with one attached hydrogen (secondary N) is 1. The van der Waals surface area contributed by atoms with Crippen molar-refractivity contribution in [2.24, 2.45) is 0 Å². The molecule has 1 aliphatic rings. The molecular formula is C9H11BrN2O. The first-order chi connectivity index (χ1) is 6.36. The van der Waals surface area contributed by atoms with Crippen molar-refractivity contribution >= 4 is 15.9 Å². The molecule has 0 spiro atoms. The van der Waals surface area contributed by atoms with Crippen molar-refractivity contribution in [2.45, 2.75) is 6.10 Å². The van der Waals surface area contributed by atoms with E-state index in [1.807, 2.05) is 12.3 Å². The van der Waals surface area contributed by atoms with Crippen LogP contribution in [0, 0.1) is 0 Å². The van der Waals surface area contributed by atoms with Gasteiger partial charge in [-0.05, 0) is 22.0 Å². The summed E-state index contributed by atoms with van der Waals surface area (Å²) in [5.74, 6) is 0. The number of rotatable bonds is 1. The Kier molecular flexibility index (Phi) is 2.93. The molecule has 3 nitrogen and oxygen atoms in total. The van der Waals surface area contributed by atoms with Crippen LogP contribution in [0.1, 0.15) is 11.7 Å². The summed E-state index contributed by atoms with van der Waals surface area (Å²) in [6.45, 7) is 2.59. The molecule has 2 rings (SSSR count). The zero-order valence-corrected chi connectivity index (χ0v) is 8.75. The van der Waals surface area contributed by atoms with Gasteiger partial charge in [-0.3, -0.25) is 4.98 Å². The third kappa shape index (κ3) is 2.27. The second kappa shape index (κ2) is 4.17. The highest BCUT2D eigenvalue weighted by Gasteiger charge is 2.15. The molecule has 0 saturated carbocycles. The molecule has 0 amide bonds. The highest BCUT2D eigenvalue weighted by atomic mass is 79.9. The second-order valence-electron chi connectivity index (χ2n) is 3.00. The van der Waals surface area contributed by atoms with Gasteiger partial charge in [-0.25, -0.2) is 0 Å². The number of morpholine rings is 1. The SMILES string of the molecule is Brc1cncc([C@@H]2CNCCO2)c1. The summed E-state index contributed by atoms with van der Waals surface area (Å²) in [6.07, 6.45) is 3.78. The molecule has 1 saturated heterocycles. The zero-order chi connectivity index (χ0) is 9.10. The van der Waals surface area contributed by atoms with Gasteiger partial charge in [0, 0.05) is 35.5 Å². The number of nitrogens with zero attached hydrogens (tertiary/aromatic N) is 1. The van der Waals surface area contributed by atoms with Crippen LogP contribution in [0.2, 0.25) is 0 Å². The normalized spacial score (nSPS) is 23.0. The predicted molar refractivity (Wildman–Crippen MR) is 53.5 cm³/mol. The van der Waals surface area contributed by atoms with Crippen LogP contribution in [-0.2, 0) is 4.74 Å². The van der Waals surface area contributed by atoms with Gasteiger partial charge >= 0.3 is 0 Å². The highest BCUT2D eigenvalue weighted by molar-refractivity contribution is 9.10. The molecule has 13 heavy (non-hydrogen) atoms. The molecule has 1 aromatic rings. The molecule has 1 aromatic heterocycles. The van der Waals surface area contributed by atoms with Crippen LogP contribution in [0.15, 0.2) is 22.9 Å². The standard InChI is InChI=1S/C9H11BrN2O/c10-8-3-7(4-12-5-8)9-6-11-1-2-13-9/h3-5,9,11H,1-2,6H2/t9-/m0/s1. The van der Waals surface area contributed by atoms with E-state index in [-0.39, 0.29) is 6.10 Å². The molecule has 0 aromatic carbocycles. The van der Waals surface area contributed by atoms with E-state index in [1.165, 1.54) is 0 Å². The van der Waals surface area contributed by atoms with Gasteiger partial charge in [0.05, 0.1) is 12.7 Å². The van der Waals surface area contributed by atoms with E-state index < -0.39 is 0 Å². The van der Waals surface area contributed by atoms with Crippen molar-refractivity contribution in [1.82, 2.24) is 10.3 Å². The Morgan fingerprint density at radius 1 is 1.54 bits per heavy atom. The van der Waals surface area contributed by atoms with E-state index in [2.05, 4.69) is 26.2 Å². The van der Waals surface area contributed by atoms with Gasteiger partial charge in [0.15, 0.2) is 0 Å². The first-order valence-corrected chi connectivity index (χ1v) is 5.08. The van der Waals surface area contributed by atoms with Crippen LogP contribution in [0.4, 0.5) is 0 Å². The molecular weight excluding hydrogens is 232 g/mol. The minimum atomic E-state index is 0.152. The van der Waals surface area contributed by atoms with E-state index in [0.29, 0.717) is 0 Å². The van der Waals surface area contributed by atoms with Gasteiger partial charge in [0.2, 0.25) is 0 Å². The molecule has 0 radical (unpaired) electrons. The van der Waals surface area contributed by atoms with Crippen molar-refractivity contribution in [3.63, 3.8) is 0 Å². The Bertz CT molecular complexity index is 287. The van der Waals surface area contributed by atoms with Crippen molar-refractivity contribution in [3.05, 3.63) is 28.5 Å². The molecule has 1 fully saturated rings. The average Bonchev–Trinajstić information content (AvgIpc) is 2.19. The predicted octanol–water partition coefficient (Wildman–Crippen LogP) is 1.50. The molecule has 70 valence electrons. The lowest BCUT2D eigenvalue weighted by Crippen LogP contribution is -2.33. The fraction of sp³-hybridized carbons (Fsp3) is 0.444. The number of halogens is 1. The second-order valence-corrected chi connectivity index (χ2v) is 3.92. The van der Waals surface area contributed by atoms with Gasteiger partial charge in [-0.2, -0.15) is 0 Å². The lowest BCUT2D eigenvalue weighted by molar-refractivity contribution is 0.0274. The maximum atomic E-state index is 5.60. The van der Waals surface area contributed by atoms with Crippen molar-refractivity contribution in [1.29, 1.82) is 0 Å². The fourth-order valence-electron chi connectivity index (χ4n) is 1.38. The topological polar surface area (TPSA) is 34.2 Å². The first kappa shape index (κ1) is 9.12. The summed E-state index contributed by atoms with van der Waals surface area (Å²) in [5, 5.41) is 3.28.